The van der Waals surface area contributed by atoms with Crippen molar-refractivity contribution in [1.82, 2.24) is 0 Å². The number of aryl methyl sites for hydroxylation is 1. The third-order valence-electron chi connectivity index (χ3n) is 4.52. The molecular formula is C21H34O3. The van der Waals surface area contributed by atoms with Gasteiger partial charge in [0.15, 0.2) is 0 Å². The average Bonchev–Trinajstić information content (AvgIpc) is 2.56. The van der Waals surface area contributed by atoms with Crippen LogP contribution >= 0.6 is 0 Å². The first-order valence-corrected chi connectivity index (χ1v) is 9.62. The Balaban J connectivity index is 2.13. The van der Waals surface area contributed by atoms with E-state index in [2.05, 4.69) is 13.0 Å². The van der Waals surface area contributed by atoms with E-state index >= 15 is 0 Å². The second-order valence-corrected chi connectivity index (χ2v) is 6.79. The zero-order valence-electron chi connectivity index (χ0n) is 15.2. The van der Waals surface area contributed by atoms with Crippen molar-refractivity contribution in [3.8, 4) is 0 Å². The Bertz CT molecular complexity index is 456. The highest BCUT2D eigenvalue weighted by Crippen LogP contribution is 2.19. The van der Waals surface area contributed by atoms with Gasteiger partial charge < -0.3 is 10.2 Å². The Morgan fingerprint density at radius 1 is 0.958 bits per heavy atom. The first kappa shape index (κ1) is 20.7. The molecular weight excluding hydrogens is 300 g/mol. The van der Waals surface area contributed by atoms with Gasteiger partial charge in [0.2, 0.25) is 0 Å². The van der Waals surface area contributed by atoms with Gasteiger partial charge in [-0.3, -0.25) is 4.79 Å². The molecule has 1 aromatic rings. The van der Waals surface area contributed by atoms with Crippen LogP contribution in [0.4, 0.5) is 0 Å². The van der Waals surface area contributed by atoms with Gasteiger partial charge in [-0.25, -0.2) is 0 Å². The van der Waals surface area contributed by atoms with E-state index in [0.29, 0.717) is 5.56 Å². The van der Waals surface area contributed by atoms with Gasteiger partial charge in [-0.05, 0) is 24.0 Å². The molecule has 1 atom stereocenters. The van der Waals surface area contributed by atoms with E-state index in [0.717, 1.165) is 12.8 Å². The van der Waals surface area contributed by atoms with Crippen LogP contribution in [0, 0.1) is 0 Å². The van der Waals surface area contributed by atoms with E-state index in [-0.39, 0.29) is 6.42 Å². The fourth-order valence-corrected chi connectivity index (χ4v) is 3.06. The maximum atomic E-state index is 10.7. The van der Waals surface area contributed by atoms with Crippen LogP contribution in [0.3, 0.4) is 0 Å². The lowest BCUT2D eigenvalue weighted by Crippen LogP contribution is -2.05. The number of hydrogen-bond donors (Lipinski definition) is 2. The average molecular weight is 335 g/mol. The van der Waals surface area contributed by atoms with Gasteiger partial charge in [0.25, 0.3) is 0 Å². The number of carboxylic acids is 1. The molecule has 0 aliphatic carbocycles. The van der Waals surface area contributed by atoms with Crippen molar-refractivity contribution >= 4 is 5.97 Å². The molecule has 0 aliphatic heterocycles. The minimum Gasteiger partial charge on any atom is -0.481 e. The smallest absolute Gasteiger partial charge is 0.306 e. The van der Waals surface area contributed by atoms with Crippen LogP contribution in [0.2, 0.25) is 0 Å². The van der Waals surface area contributed by atoms with Crippen LogP contribution < -0.4 is 0 Å². The van der Waals surface area contributed by atoms with Gasteiger partial charge in [0, 0.05) is 0 Å². The summed E-state index contributed by atoms with van der Waals surface area (Å²) in [7, 11) is 0. The molecule has 1 aromatic carbocycles. The molecule has 0 amide bonds. The molecule has 136 valence electrons. The van der Waals surface area contributed by atoms with Crippen molar-refractivity contribution in [2.75, 3.05) is 0 Å². The van der Waals surface area contributed by atoms with Crippen molar-refractivity contribution in [2.24, 2.45) is 0 Å². The lowest BCUT2D eigenvalue weighted by molar-refractivity contribution is -0.139. The number of carbonyl (C=O) groups is 1. The molecule has 0 saturated carbocycles. The molecule has 1 rings (SSSR count). The number of carboxylic acid groups (broad SMARTS) is 1. The van der Waals surface area contributed by atoms with Gasteiger partial charge in [-0.1, -0.05) is 89.0 Å². The van der Waals surface area contributed by atoms with Crippen LogP contribution in [0.1, 0.15) is 94.8 Å². The Labute approximate surface area is 147 Å². The first-order chi connectivity index (χ1) is 11.6. The highest BCUT2D eigenvalue weighted by Gasteiger charge is 2.12. The van der Waals surface area contributed by atoms with Gasteiger partial charge in [0.05, 0.1) is 12.5 Å². The lowest BCUT2D eigenvalue weighted by Gasteiger charge is -2.10. The van der Waals surface area contributed by atoms with E-state index in [4.69, 9.17) is 5.11 Å². The van der Waals surface area contributed by atoms with E-state index in [1.807, 2.05) is 12.1 Å². The Morgan fingerprint density at radius 2 is 1.54 bits per heavy atom. The minimum atomic E-state index is -0.970. The molecule has 2 N–H and O–H groups in total. The van der Waals surface area contributed by atoms with Gasteiger partial charge in [0.1, 0.15) is 0 Å². The third-order valence-corrected chi connectivity index (χ3v) is 4.52. The number of aliphatic hydroxyl groups excluding tert-OH is 1. The summed E-state index contributed by atoms with van der Waals surface area (Å²) in [5.74, 6) is -0.970. The number of rotatable bonds is 14. The minimum absolute atomic E-state index is 0.234. The quantitative estimate of drug-likeness (QED) is 0.432. The normalized spacial score (nSPS) is 12.2. The molecule has 0 radical (unpaired) electrons. The predicted octanol–water partition coefficient (Wildman–Crippen LogP) is 5.66. The molecule has 0 heterocycles. The summed E-state index contributed by atoms with van der Waals surface area (Å²) in [4.78, 5) is 10.7. The number of aliphatic carboxylic acids is 1. The second-order valence-electron chi connectivity index (χ2n) is 6.79. The van der Waals surface area contributed by atoms with Crippen LogP contribution in [0.25, 0.3) is 0 Å². The fourth-order valence-electron chi connectivity index (χ4n) is 3.06. The van der Waals surface area contributed by atoms with E-state index < -0.39 is 12.1 Å². The van der Waals surface area contributed by atoms with Crippen molar-refractivity contribution in [3.63, 3.8) is 0 Å². The van der Waals surface area contributed by atoms with Gasteiger partial charge in [-0.2, -0.15) is 0 Å². The number of unbranched alkanes of at least 4 members (excludes halogenated alkanes) is 9. The molecule has 0 saturated heterocycles. The largest absolute Gasteiger partial charge is 0.481 e. The maximum Gasteiger partial charge on any atom is 0.306 e. The fraction of sp³-hybridized carbons (Fsp3) is 0.667. The SMILES string of the molecule is CCCCCCCCCCCCc1cccc(C(O)CC(=O)O)c1. The number of benzene rings is 1. The van der Waals surface area contributed by atoms with Gasteiger partial charge in [-0.15, -0.1) is 0 Å². The molecule has 3 nitrogen and oxygen atoms in total. The molecule has 0 spiro atoms. The third kappa shape index (κ3) is 9.71. The predicted molar refractivity (Wildman–Crippen MR) is 99.2 cm³/mol. The second kappa shape index (κ2) is 13.0. The molecule has 0 aromatic heterocycles. The summed E-state index contributed by atoms with van der Waals surface area (Å²) in [6.45, 7) is 2.25. The van der Waals surface area contributed by atoms with Crippen LogP contribution in [-0.4, -0.2) is 16.2 Å². The first-order valence-electron chi connectivity index (χ1n) is 9.62. The van der Waals surface area contributed by atoms with Crippen molar-refractivity contribution < 1.29 is 15.0 Å². The summed E-state index contributed by atoms with van der Waals surface area (Å²) < 4.78 is 0. The van der Waals surface area contributed by atoms with E-state index in [1.165, 1.54) is 63.4 Å². The van der Waals surface area contributed by atoms with E-state index in [1.54, 1.807) is 6.07 Å². The molecule has 24 heavy (non-hydrogen) atoms. The van der Waals surface area contributed by atoms with E-state index in [9.17, 15) is 9.90 Å². The molecule has 3 heteroatoms. The van der Waals surface area contributed by atoms with Crippen LogP contribution in [0.15, 0.2) is 24.3 Å². The molecule has 1 unspecified atom stereocenters. The number of hydrogen-bond acceptors (Lipinski definition) is 2. The van der Waals surface area contributed by atoms with Crippen molar-refractivity contribution in [3.05, 3.63) is 35.4 Å². The van der Waals surface area contributed by atoms with Gasteiger partial charge >= 0.3 is 5.97 Å². The standard InChI is InChI=1S/C21H34O3/c1-2-3-4-5-6-7-8-9-10-11-13-18-14-12-15-19(16-18)20(22)17-21(23)24/h12,14-16,20,22H,2-11,13,17H2,1H3,(H,23,24). The summed E-state index contributed by atoms with van der Waals surface area (Å²) in [6.07, 6.45) is 13.1. The summed E-state index contributed by atoms with van der Waals surface area (Å²) in [6, 6.07) is 7.72. The highest BCUT2D eigenvalue weighted by molar-refractivity contribution is 5.67. The monoisotopic (exact) mass is 334 g/mol. The molecule has 0 bridgehead atoms. The summed E-state index contributed by atoms with van der Waals surface area (Å²) in [5.41, 5.74) is 1.90. The Kier molecular flexibility index (Phi) is 11.2. The number of aliphatic hydroxyl groups is 1. The van der Waals surface area contributed by atoms with Crippen LogP contribution in [-0.2, 0) is 11.2 Å². The lowest BCUT2D eigenvalue weighted by atomic mass is 10.00. The van der Waals surface area contributed by atoms with Crippen molar-refractivity contribution in [2.45, 2.75) is 90.1 Å². The Hall–Kier alpha value is -1.35. The topological polar surface area (TPSA) is 57.5 Å². The summed E-state index contributed by atoms with van der Waals surface area (Å²) >= 11 is 0. The summed E-state index contributed by atoms with van der Waals surface area (Å²) in [5, 5.41) is 18.6. The zero-order chi connectivity index (χ0) is 17.6. The molecule has 0 aliphatic rings. The van der Waals surface area contributed by atoms with Crippen molar-refractivity contribution in [1.29, 1.82) is 0 Å². The maximum absolute atomic E-state index is 10.7. The zero-order valence-corrected chi connectivity index (χ0v) is 15.2. The van der Waals surface area contributed by atoms with Crippen LogP contribution in [0.5, 0.6) is 0 Å². The molecule has 0 fully saturated rings. The Morgan fingerprint density at radius 3 is 2.12 bits per heavy atom. The highest BCUT2D eigenvalue weighted by atomic mass is 16.4.